The Morgan fingerprint density at radius 2 is 2.12 bits per heavy atom. The molecule has 0 amide bonds. The zero-order chi connectivity index (χ0) is 12.4. The van der Waals surface area contributed by atoms with E-state index in [4.69, 9.17) is 21.6 Å². The largest absolute Gasteiger partial charge is 0.495 e. The van der Waals surface area contributed by atoms with Gasteiger partial charge >= 0.3 is 0 Å². The molecule has 0 aliphatic heterocycles. The Morgan fingerprint density at radius 1 is 1.35 bits per heavy atom. The van der Waals surface area contributed by atoms with Crippen LogP contribution < -0.4 is 4.74 Å². The highest BCUT2D eigenvalue weighted by Gasteiger charge is 2.07. The number of benzene rings is 2. The summed E-state index contributed by atoms with van der Waals surface area (Å²) in [4.78, 5) is 0. The minimum Gasteiger partial charge on any atom is -0.495 e. The lowest BCUT2D eigenvalue weighted by Gasteiger charge is -2.07. The quantitative estimate of drug-likeness (QED) is 0.746. The minimum absolute atomic E-state index is 0.443. The van der Waals surface area contributed by atoms with Crippen molar-refractivity contribution in [2.75, 3.05) is 7.11 Å². The maximum absolute atomic E-state index is 8.80. The van der Waals surface area contributed by atoms with E-state index in [9.17, 15) is 0 Å². The van der Waals surface area contributed by atoms with Gasteiger partial charge in [-0.25, -0.2) is 0 Å². The summed E-state index contributed by atoms with van der Waals surface area (Å²) in [5.41, 5.74) is 1.25. The molecule has 0 heterocycles. The van der Waals surface area contributed by atoms with E-state index in [1.165, 1.54) is 0 Å². The molecule has 0 fully saturated rings. The van der Waals surface area contributed by atoms with Crippen LogP contribution in [0.25, 0.3) is 16.3 Å². The molecular weight excluding hydrogens is 234 g/mol. The van der Waals surface area contributed by atoms with Gasteiger partial charge in [-0.05, 0) is 23.1 Å². The van der Waals surface area contributed by atoms with Gasteiger partial charge in [0.2, 0.25) is 0 Å². The van der Waals surface area contributed by atoms with Crippen LogP contribution in [0, 0.1) is 11.3 Å². The van der Waals surface area contributed by atoms with Gasteiger partial charge in [-0.3, -0.25) is 0 Å². The van der Waals surface area contributed by atoms with E-state index in [1.807, 2.05) is 36.4 Å². The lowest BCUT2D eigenvalue weighted by molar-refractivity contribution is 0.415. The first-order chi connectivity index (χ1) is 8.17. The Morgan fingerprint density at radius 3 is 2.76 bits per heavy atom. The van der Waals surface area contributed by atoms with Crippen molar-refractivity contribution in [2.45, 2.75) is 0 Å². The molecular formula is C14H10ClNO. The highest BCUT2D eigenvalue weighted by Crippen LogP contribution is 2.33. The number of allylic oxidation sites excluding steroid dienone is 1. The third kappa shape index (κ3) is 1.98. The molecule has 17 heavy (non-hydrogen) atoms. The second kappa shape index (κ2) is 4.48. The molecule has 84 valence electrons. The van der Waals surface area contributed by atoms with Gasteiger partial charge in [-0.15, -0.1) is 0 Å². The van der Waals surface area contributed by atoms with Crippen molar-refractivity contribution in [2.24, 2.45) is 0 Å². The van der Waals surface area contributed by atoms with Crippen molar-refractivity contribution in [3.05, 3.63) is 47.5 Å². The smallest absolute Gasteiger partial charge is 0.138 e. The average molecular weight is 244 g/mol. The summed E-state index contributed by atoms with van der Waals surface area (Å²) in [6.45, 7) is 3.69. The van der Waals surface area contributed by atoms with Crippen molar-refractivity contribution in [1.29, 1.82) is 5.26 Å². The lowest BCUT2D eigenvalue weighted by atomic mass is 10.0. The number of nitrogens with zero attached hydrogens (tertiary/aromatic N) is 1. The van der Waals surface area contributed by atoms with E-state index in [1.54, 1.807) is 7.11 Å². The molecule has 0 aliphatic carbocycles. The Bertz CT molecular complexity index is 640. The van der Waals surface area contributed by atoms with Gasteiger partial charge in [0.1, 0.15) is 5.75 Å². The van der Waals surface area contributed by atoms with Crippen LogP contribution in [0.15, 0.2) is 36.9 Å². The van der Waals surface area contributed by atoms with Crippen molar-refractivity contribution >= 4 is 27.9 Å². The first-order valence-electron chi connectivity index (χ1n) is 5.03. The van der Waals surface area contributed by atoms with Crippen LogP contribution >= 0.6 is 11.6 Å². The van der Waals surface area contributed by atoms with Crippen LogP contribution in [0.3, 0.4) is 0 Å². The molecule has 0 saturated heterocycles. The topological polar surface area (TPSA) is 33.0 Å². The summed E-state index contributed by atoms with van der Waals surface area (Å²) >= 11 is 6.20. The third-order valence-corrected chi connectivity index (χ3v) is 3.01. The molecule has 0 N–H and O–H groups in total. The predicted octanol–water partition coefficient (Wildman–Crippen LogP) is 4.04. The molecule has 0 atom stereocenters. The fourth-order valence-corrected chi connectivity index (χ4v) is 1.99. The Labute approximate surface area is 105 Å². The second-order valence-electron chi connectivity index (χ2n) is 3.61. The van der Waals surface area contributed by atoms with Crippen LogP contribution in [0.5, 0.6) is 5.75 Å². The fraction of sp³-hybridized carbons (Fsp3) is 0.0714. The molecule has 0 aromatic heterocycles. The summed E-state index contributed by atoms with van der Waals surface area (Å²) in [7, 11) is 1.58. The van der Waals surface area contributed by atoms with E-state index in [2.05, 4.69) is 6.58 Å². The zero-order valence-corrected chi connectivity index (χ0v) is 10.1. The molecule has 0 spiro atoms. The van der Waals surface area contributed by atoms with Crippen LogP contribution in [0.1, 0.15) is 5.56 Å². The molecule has 3 heteroatoms. The molecule has 2 aromatic rings. The molecule has 0 bridgehead atoms. The van der Waals surface area contributed by atoms with E-state index >= 15 is 0 Å². The molecule has 2 nitrogen and oxygen atoms in total. The number of hydrogen-bond acceptors (Lipinski definition) is 2. The van der Waals surface area contributed by atoms with Gasteiger partial charge < -0.3 is 4.74 Å². The van der Waals surface area contributed by atoms with E-state index in [-0.39, 0.29) is 0 Å². The highest BCUT2D eigenvalue weighted by atomic mass is 35.5. The van der Waals surface area contributed by atoms with Crippen molar-refractivity contribution in [1.82, 2.24) is 0 Å². The van der Waals surface area contributed by atoms with Crippen molar-refractivity contribution in [3.8, 4) is 11.8 Å². The van der Waals surface area contributed by atoms with E-state index in [0.717, 1.165) is 16.3 Å². The molecule has 2 aromatic carbocycles. The fourth-order valence-electron chi connectivity index (χ4n) is 1.68. The van der Waals surface area contributed by atoms with Crippen LogP contribution in [0.4, 0.5) is 0 Å². The first-order valence-corrected chi connectivity index (χ1v) is 5.41. The van der Waals surface area contributed by atoms with E-state index in [0.29, 0.717) is 16.3 Å². The maximum atomic E-state index is 8.80. The highest BCUT2D eigenvalue weighted by molar-refractivity contribution is 6.37. The number of ether oxygens (including phenoxy) is 1. The summed E-state index contributed by atoms with van der Waals surface area (Å²) in [5.74, 6) is 0.644. The second-order valence-corrected chi connectivity index (χ2v) is 3.99. The normalized spacial score (nSPS) is 9.94. The molecule has 2 rings (SSSR count). The number of rotatable bonds is 2. The van der Waals surface area contributed by atoms with Gasteiger partial charge in [0, 0.05) is 5.39 Å². The number of halogens is 1. The SMILES string of the molecule is C=C(C#N)c1ccc2c(Cl)c(OC)ccc2c1. The molecule has 0 unspecified atom stereocenters. The van der Waals surface area contributed by atoms with Gasteiger partial charge in [0.15, 0.2) is 0 Å². The van der Waals surface area contributed by atoms with E-state index < -0.39 is 0 Å². The number of nitriles is 1. The van der Waals surface area contributed by atoms with Crippen LogP contribution in [0.2, 0.25) is 5.02 Å². The van der Waals surface area contributed by atoms with Crippen molar-refractivity contribution in [3.63, 3.8) is 0 Å². The summed E-state index contributed by atoms with van der Waals surface area (Å²) in [6.07, 6.45) is 0. The molecule has 0 radical (unpaired) electrons. The lowest BCUT2D eigenvalue weighted by Crippen LogP contribution is -1.86. The van der Waals surface area contributed by atoms with Gasteiger partial charge in [-0.1, -0.05) is 36.4 Å². The number of hydrogen-bond donors (Lipinski definition) is 0. The summed E-state index contributed by atoms with van der Waals surface area (Å²) in [5, 5.41) is 11.2. The van der Waals surface area contributed by atoms with Crippen LogP contribution in [-0.4, -0.2) is 7.11 Å². The Hall–Kier alpha value is -1.98. The molecule has 0 aliphatic rings. The summed E-state index contributed by atoms with van der Waals surface area (Å²) < 4.78 is 5.15. The maximum Gasteiger partial charge on any atom is 0.138 e. The first kappa shape index (κ1) is 11.5. The monoisotopic (exact) mass is 243 g/mol. The minimum atomic E-state index is 0.443. The van der Waals surface area contributed by atoms with Gasteiger partial charge in [0.05, 0.1) is 23.8 Å². The summed E-state index contributed by atoms with van der Waals surface area (Å²) in [6, 6.07) is 11.4. The zero-order valence-electron chi connectivity index (χ0n) is 9.33. The number of fused-ring (bicyclic) bond motifs is 1. The van der Waals surface area contributed by atoms with Crippen molar-refractivity contribution < 1.29 is 4.74 Å². The third-order valence-electron chi connectivity index (χ3n) is 2.62. The van der Waals surface area contributed by atoms with Crippen LogP contribution in [-0.2, 0) is 0 Å². The molecule has 0 saturated carbocycles. The predicted molar refractivity (Wildman–Crippen MR) is 70.2 cm³/mol. The standard InChI is InChI=1S/C14H10ClNO/c1-9(8-16)10-3-5-12-11(7-10)4-6-13(17-2)14(12)15/h3-7H,1H2,2H3. The van der Waals surface area contributed by atoms with Gasteiger partial charge in [0.25, 0.3) is 0 Å². The number of methoxy groups -OCH3 is 1. The Kier molecular flexibility index (Phi) is 3.03. The van der Waals surface area contributed by atoms with Gasteiger partial charge in [-0.2, -0.15) is 5.26 Å². The Balaban J connectivity index is 2.66. The average Bonchev–Trinajstić information content (AvgIpc) is 2.38.